The first-order valence-electron chi connectivity index (χ1n) is 6.53. The van der Waals surface area contributed by atoms with E-state index in [1.165, 1.54) is 6.07 Å². The van der Waals surface area contributed by atoms with Crippen molar-refractivity contribution in [2.24, 2.45) is 0 Å². The fourth-order valence-electron chi connectivity index (χ4n) is 2.01. The highest BCUT2D eigenvalue weighted by atomic mass is 19.1. The van der Waals surface area contributed by atoms with Crippen molar-refractivity contribution in [3.63, 3.8) is 0 Å². The highest BCUT2D eigenvalue weighted by molar-refractivity contribution is 5.35. The summed E-state index contributed by atoms with van der Waals surface area (Å²) in [6.45, 7) is 3.48. The van der Waals surface area contributed by atoms with Crippen LogP contribution in [0, 0.1) is 5.82 Å². The van der Waals surface area contributed by atoms with Gasteiger partial charge in [-0.1, -0.05) is 0 Å². The second kappa shape index (κ2) is 7.28. The van der Waals surface area contributed by atoms with Crippen LogP contribution in [0.15, 0.2) is 18.3 Å². The molecule has 1 aromatic rings. The van der Waals surface area contributed by atoms with Gasteiger partial charge in [0.25, 0.3) is 0 Å². The summed E-state index contributed by atoms with van der Waals surface area (Å²) < 4.78 is 19.0. The lowest BCUT2D eigenvalue weighted by Gasteiger charge is -2.22. The van der Waals surface area contributed by atoms with Crippen LogP contribution in [0.2, 0.25) is 0 Å². The lowest BCUT2D eigenvalue weighted by molar-refractivity contribution is 0.0329. The minimum Gasteiger partial charge on any atom is -0.378 e. The van der Waals surface area contributed by atoms with Gasteiger partial charge in [0, 0.05) is 19.3 Å². The number of anilines is 1. The minimum absolute atomic E-state index is 0.309. The fourth-order valence-corrected chi connectivity index (χ4v) is 2.01. The Hall–Kier alpha value is -1.20. The average Bonchev–Trinajstić information content (AvgIpc) is 2.42. The van der Waals surface area contributed by atoms with Crippen molar-refractivity contribution in [1.29, 1.82) is 0 Å². The van der Waals surface area contributed by atoms with Crippen molar-refractivity contribution in [2.75, 3.05) is 31.6 Å². The van der Waals surface area contributed by atoms with Crippen LogP contribution >= 0.6 is 0 Å². The molecule has 1 saturated heterocycles. The molecule has 0 amide bonds. The summed E-state index contributed by atoms with van der Waals surface area (Å²) in [5.41, 5.74) is 0. The molecular weight excluding hydrogens is 233 g/mol. The Kier molecular flexibility index (Phi) is 5.36. The van der Waals surface area contributed by atoms with E-state index >= 15 is 0 Å². The van der Waals surface area contributed by atoms with Crippen LogP contribution in [0.25, 0.3) is 0 Å². The summed E-state index contributed by atoms with van der Waals surface area (Å²) in [7, 11) is 0. The molecule has 100 valence electrons. The second-order valence-corrected chi connectivity index (χ2v) is 4.43. The zero-order valence-electron chi connectivity index (χ0n) is 10.5. The zero-order chi connectivity index (χ0) is 12.6. The first-order chi connectivity index (χ1) is 8.86. The van der Waals surface area contributed by atoms with E-state index in [4.69, 9.17) is 4.74 Å². The van der Waals surface area contributed by atoms with Crippen LogP contribution in [0.3, 0.4) is 0 Å². The van der Waals surface area contributed by atoms with Gasteiger partial charge >= 0.3 is 0 Å². The van der Waals surface area contributed by atoms with Gasteiger partial charge in [-0.25, -0.2) is 9.37 Å². The number of piperidine rings is 1. The molecule has 0 unspecified atom stereocenters. The van der Waals surface area contributed by atoms with E-state index in [0.29, 0.717) is 25.1 Å². The summed E-state index contributed by atoms with van der Waals surface area (Å²) >= 11 is 0. The number of nitrogens with zero attached hydrogens (tertiary/aromatic N) is 1. The summed E-state index contributed by atoms with van der Waals surface area (Å²) in [6, 6.07) is 2.99. The Morgan fingerprint density at radius 3 is 3.06 bits per heavy atom. The molecule has 0 aliphatic carbocycles. The van der Waals surface area contributed by atoms with Crippen molar-refractivity contribution < 1.29 is 9.13 Å². The molecule has 0 atom stereocenters. The van der Waals surface area contributed by atoms with Crippen LogP contribution in [-0.2, 0) is 4.74 Å². The number of ether oxygens (including phenoxy) is 1. The van der Waals surface area contributed by atoms with Crippen LogP contribution < -0.4 is 10.6 Å². The molecule has 18 heavy (non-hydrogen) atoms. The average molecular weight is 253 g/mol. The number of nitrogens with one attached hydrogen (secondary N) is 2. The maximum atomic E-state index is 13.2. The molecule has 1 aromatic heterocycles. The predicted octanol–water partition coefficient (Wildman–Crippen LogP) is 1.79. The van der Waals surface area contributed by atoms with E-state index in [2.05, 4.69) is 15.6 Å². The second-order valence-electron chi connectivity index (χ2n) is 4.43. The molecule has 0 bridgehead atoms. The standard InChI is InChI=1S/C13H20FN3O/c14-12-3-1-6-16-13(12)17-7-2-10-18-11-4-8-15-9-5-11/h1,3,6,11,15H,2,4-5,7-10H2,(H,16,17). The Bertz CT molecular complexity index is 356. The SMILES string of the molecule is Fc1cccnc1NCCCOC1CCNCC1. The smallest absolute Gasteiger partial charge is 0.165 e. The van der Waals surface area contributed by atoms with E-state index in [1.54, 1.807) is 12.3 Å². The van der Waals surface area contributed by atoms with Gasteiger partial charge in [0.2, 0.25) is 0 Å². The molecule has 0 radical (unpaired) electrons. The number of aromatic nitrogens is 1. The van der Waals surface area contributed by atoms with Crippen molar-refractivity contribution in [2.45, 2.75) is 25.4 Å². The summed E-state index contributed by atoms with van der Waals surface area (Å²) in [6.07, 6.45) is 5.00. The molecule has 0 aromatic carbocycles. The van der Waals surface area contributed by atoms with Gasteiger partial charge in [-0.05, 0) is 44.5 Å². The molecule has 1 aliphatic rings. The van der Waals surface area contributed by atoms with Crippen molar-refractivity contribution in [3.8, 4) is 0 Å². The summed E-state index contributed by atoms with van der Waals surface area (Å²) in [4.78, 5) is 3.93. The first-order valence-corrected chi connectivity index (χ1v) is 6.53. The van der Waals surface area contributed by atoms with Gasteiger partial charge in [-0.15, -0.1) is 0 Å². The normalized spacial score (nSPS) is 16.7. The van der Waals surface area contributed by atoms with Gasteiger partial charge in [-0.3, -0.25) is 0 Å². The molecule has 2 rings (SSSR count). The van der Waals surface area contributed by atoms with E-state index in [1.807, 2.05) is 0 Å². The molecule has 1 aliphatic heterocycles. The predicted molar refractivity (Wildman–Crippen MR) is 69.1 cm³/mol. The quantitative estimate of drug-likeness (QED) is 0.759. The maximum absolute atomic E-state index is 13.2. The van der Waals surface area contributed by atoms with Gasteiger partial charge < -0.3 is 15.4 Å². The van der Waals surface area contributed by atoms with Gasteiger partial charge in [0.05, 0.1) is 6.10 Å². The molecular formula is C13H20FN3O. The molecule has 0 spiro atoms. The summed E-state index contributed by atoms with van der Waals surface area (Å²) in [5.74, 6) is 0.0103. The minimum atomic E-state index is -0.309. The lowest BCUT2D eigenvalue weighted by Crippen LogP contribution is -2.32. The highest BCUT2D eigenvalue weighted by Gasteiger charge is 2.12. The Balaban J connectivity index is 1.57. The van der Waals surface area contributed by atoms with E-state index < -0.39 is 0 Å². The van der Waals surface area contributed by atoms with Crippen molar-refractivity contribution >= 4 is 5.82 Å². The van der Waals surface area contributed by atoms with E-state index in [0.717, 1.165) is 32.4 Å². The Morgan fingerprint density at radius 1 is 1.44 bits per heavy atom. The summed E-state index contributed by atoms with van der Waals surface area (Å²) in [5, 5.41) is 6.27. The third-order valence-electron chi connectivity index (χ3n) is 3.01. The molecule has 4 nitrogen and oxygen atoms in total. The zero-order valence-corrected chi connectivity index (χ0v) is 10.5. The molecule has 2 N–H and O–H groups in total. The van der Waals surface area contributed by atoms with Crippen LogP contribution in [0.5, 0.6) is 0 Å². The van der Waals surface area contributed by atoms with Crippen molar-refractivity contribution in [1.82, 2.24) is 10.3 Å². The molecule has 5 heteroatoms. The monoisotopic (exact) mass is 253 g/mol. The number of hydrogen-bond donors (Lipinski definition) is 2. The fraction of sp³-hybridized carbons (Fsp3) is 0.615. The van der Waals surface area contributed by atoms with Crippen LogP contribution in [0.4, 0.5) is 10.2 Å². The lowest BCUT2D eigenvalue weighted by atomic mass is 10.1. The van der Waals surface area contributed by atoms with E-state index in [9.17, 15) is 4.39 Å². The maximum Gasteiger partial charge on any atom is 0.165 e. The molecule has 1 fully saturated rings. The number of hydrogen-bond acceptors (Lipinski definition) is 4. The highest BCUT2D eigenvalue weighted by Crippen LogP contribution is 2.09. The van der Waals surface area contributed by atoms with Gasteiger partial charge in [0.1, 0.15) is 0 Å². The third-order valence-corrected chi connectivity index (χ3v) is 3.01. The van der Waals surface area contributed by atoms with Gasteiger partial charge in [0.15, 0.2) is 11.6 Å². The molecule has 0 saturated carbocycles. The van der Waals surface area contributed by atoms with Crippen LogP contribution in [-0.4, -0.2) is 37.3 Å². The Morgan fingerprint density at radius 2 is 2.28 bits per heavy atom. The van der Waals surface area contributed by atoms with Crippen LogP contribution in [0.1, 0.15) is 19.3 Å². The molecule has 2 heterocycles. The number of halogens is 1. The third kappa shape index (κ3) is 4.23. The first kappa shape index (κ1) is 13.2. The number of rotatable bonds is 6. The largest absolute Gasteiger partial charge is 0.378 e. The topological polar surface area (TPSA) is 46.2 Å². The number of pyridine rings is 1. The Labute approximate surface area is 107 Å². The van der Waals surface area contributed by atoms with Gasteiger partial charge in [-0.2, -0.15) is 0 Å². The van der Waals surface area contributed by atoms with Crippen molar-refractivity contribution in [3.05, 3.63) is 24.1 Å². The van der Waals surface area contributed by atoms with E-state index in [-0.39, 0.29) is 5.82 Å².